The van der Waals surface area contributed by atoms with Crippen molar-refractivity contribution in [2.75, 3.05) is 0 Å². The van der Waals surface area contributed by atoms with Gasteiger partial charge in [-0.05, 0) is 86.4 Å². The average Bonchev–Trinajstić information content (AvgIpc) is 3.91. The van der Waals surface area contributed by atoms with Crippen LogP contribution in [-0.2, 0) is 0 Å². The molecule has 5 aromatic rings. The second-order valence-electron chi connectivity index (χ2n) is 13.7. The zero-order valence-electron chi connectivity index (χ0n) is 24.4. The molecule has 5 heterocycles. The first-order valence-corrected chi connectivity index (χ1v) is 16.5. The van der Waals surface area contributed by atoms with E-state index in [1.54, 1.807) is 29.1 Å². The Morgan fingerprint density at radius 1 is 0.956 bits per heavy atom. The summed E-state index contributed by atoms with van der Waals surface area (Å²) in [5.74, 6) is 0.791. The van der Waals surface area contributed by atoms with Crippen molar-refractivity contribution in [3.8, 4) is 22.7 Å². The minimum absolute atomic E-state index is 0.0218. The van der Waals surface area contributed by atoms with Crippen LogP contribution in [0.3, 0.4) is 0 Å². The van der Waals surface area contributed by atoms with Gasteiger partial charge in [0.25, 0.3) is 0 Å². The topological polar surface area (TPSA) is 106 Å². The monoisotopic (exact) mass is 620 g/mol. The van der Waals surface area contributed by atoms with Crippen LogP contribution in [0.25, 0.3) is 38.8 Å². The van der Waals surface area contributed by atoms with Crippen molar-refractivity contribution in [3.63, 3.8) is 0 Å². The Hall–Kier alpha value is -3.95. The molecule has 2 aliphatic heterocycles. The van der Waals surface area contributed by atoms with Crippen LogP contribution in [-0.4, -0.2) is 41.7 Å². The molecule has 0 amide bonds. The van der Waals surface area contributed by atoms with Gasteiger partial charge < -0.3 is 10.4 Å². The Bertz CT molecular complexity index is 2130. The Balaban J connectivity index is 1.28. The van der Waals surface area contributed by atoms with Gasteiger partial charge in [-0.15, -0.1) is 0 Å². The second kappa shape index (κ2) is 9.30. The molecule has 226 valence electrons. The summed E-state index contributed by atoms with van der Waals surface area (Å²) in [5.41, 5.74) is 3.29. The number of fused-ring (bicyclic) bond motifs is 6. The van der Waals surface area contributed by atoms with E-state index >= 15 is 4.39 Å². The minimum atomic E-state index is -0.556. The molecule has 3 aromatic heterocycles. The van der Waals surface area contributed by atoms with Gasteiger partial charge in [-0.1, -0.05) is 23.7 Å². The summed E-state index contributed by atoms with van der Waals surface area (Å²) in [6, 6.07) is 10.8. The highest BCUT2D eigenvalue weighted by Gasteiger charge is 2.61. The molecule has 2 aromatic carbocycles. The van der Waals surface area contributed by atoms with Crippen LogP contribution in [0.5, 0.6) is 5.75 Å². The van der Waals surface area contributed by atoms with Crippen LogP contribution in [0.2, 0.25) is 5.02 Å². The maximum atomic E-state index is 16.5. The third kappa shape index (κ3) is 3.96. The molecule has 5 fully saturated rings. The molecular formula is C35H30ClFN6O2. The molecule has 10 rings (SSSR count). The largest absolute Gasteiger partial charge is 0.508 e. The number of nitrogens with one attached hydrogen (secondary N) is 1. The number of phenols is 1. The van der Waals surface area contributed by atoms with Crippen LogP contribution < -0.4 is 11.0 Å². The Morgan fingerprint density at radius 3 is 2.49 bits per heavy atom. The molecule has 5 aliphatic rings. The van der Waals surface area contributed by atoms with Crippen LogP contribution in [0.15, 0.2) is 47.5 Å². The third-order valence-electron chi connectivity index (χ3n) is 10.9. The number of hydrogen-bond donors (Lipinski definition) is 2. The normalized spacial score (nSPS) is 26.8. The number of aromatic hydroxyl groups is 1. The highest BCUT2D eigenvalue weighted by atomic mass is 35.5. The van der Waals surface area contributed by atoms with E-state index in [9.17, 15) is 9.90 Å². The van der Waals surface area contributed by atoms with Gasteiger partial charge in [0.2, 0.25) is 0 Å². The molecule has 2 saturated heterocycles. The summed E-state index contributed by atoms with van der Waals surface area (Å²) < 4.78 is 18.1. The van der Waals surface area contributed by atoms with Crippen molar-refractivity contribution in [2.45, 2.75) is 74.8 Å². The van der Waals surface area contributed by atoms with Crippen LogP contribution in [0.4, 0.5) is 4.39 Å². The lowest BCUT2D eigenvalue weighted by Gasteiger charge is -2.19. The van der Waals surface area contributed by atoms with Crippen molar-refractivity contribution < 1.29 is 9.50 Å². The lowest BCUT2D eigenvalue weighted by Crippen LogP contribution is -2.35. The summed E-state index contributed by atoms with van der Waals surface area (Å²) in [5, 5.41) is 16.6. The van der Waals surface area contributed by atoms with Gasteiger partial charge >= 0.3 is 5.69 Å². The molecule has 3 aliphatic carbocycles. The molecule has 0 spiro atoms. The van der Waals surface area contributed by atoms with Crippen molar-refractivity contribution in [2.24, 2.45) is 11.8 Å². The number of piperidine rings is 1. The quantitative estimate of drug-likeness (QED) is 0.231. The first-order valence-electron chi connectivity index (χ1n) is 16.1. The van der Waals surface area contributed by atoms with Crippen LogP contribution in [0, 0.1) is 17.7 Å². The molecule has 2 N–H and O–H groups in total. The number of aromatic nitrogens is 5. The van der Waals surface area contributed by atoms with Gasteiger partial charge in [-0.2, -0.15) is 4.98 Å². The second-order valence-corrected chi connectivity index (χ2v) is 14.1. The Morgan fingerprint density at radius 2 is 1.73 bits per heavy atom. The molecule has 4 unspecified atom stereocenters. The van der Waals surface area contributed by atoms with Gasteiger partial charge in [0.1, 0.15) is 23.6 Å². The van der Waals surface area contributed by atoms with E-state index in [0.717, 1.165) is 49.9 Å². The van der Waals surface area contributed by atoms with Gasteiger partial charge in [0.05, 0.1) is 22.8 Å². The van der Waals surface area contributed by atoms with Gasteiger partial charge in [0.15, 0.2) is 5.65 Å². The number of hydrogen-bond acceptors (Lipinski definition) is 7. The van der Waals surface area contributed by atoms with Crippen LogP contribution >= 0.6 is 11.6 Å². The minimum Gasteiger partial charge on any atom is -0.508 e. The summed E-state index contributed by atoms with van der Waals surface area (Å²) in [4.78, 5) is 33.5. The van der Waals surface area contributed by atoms with E-state index in [0.29, 0.717) is 67.7 Å². The van der Waals surface area contributed by atoms with E-state index < -0.39 is 11.5 Å². The predicted molar refractivity (Wildman–Crippen MR) is 169 cm³/mol. The number of phenolic OH excluding ortho intramolecular Hbond substituents is 1. The molecule has 2 bridgehead atoms. The molecule has 8 nitrogen and oxygen atoms in total. The molecular weight excluding hydrogens is 591 g/mol. The number of nitrogens with zero attached hydrogens (tertiary/aromatic N) is 5. The maximum absolute atomic E-state index is 16.5. The summed E-state index contributed by atoms with van der Waals surface area (Å²) in [6.07, 6.45) is 8.93. The Labute approximate surface area is 262 Å². The number of halogens is 2. The average molecular weight is 621 g/mol. The molecule has 0 radical (unpaired) electrons. The zero-order chi connectivity index (χ0) is 30.1. The van der Waals surface area contributed by atoms with E-state index in [2.05, 4.69) is 5.32 Å². The molecule has 5 atom stereocenters. The lowest BCUT2D eigenvalue weighted by molar-refractivity contribution is 0.387. The fraction of sp³-hybridized carbons (Fsp3) is 0.400. The van der Waals surface area contributed by atoms with Crippen molar-refractivity contribution in [1.29, 1.82) is 0 Å². The molecule has 3 saturated carbocycles. The standard InChI is InChI=1S/C35H30ClFN6O2/c36-23-3-1-2-17-10-19(44)12-21(26(17)23)31-24(37)13-22-32(28-20-11-18-8-9-25(40-18)27(20)28)42-35(45)43(34(22)41-31)33-29(15-4-5-15)38-14-39-30(33)16-6-7-16/h1-3,10,12-16,18,20,25,27-28,40,44H,4-9,11H2/t18?,20?,25?,27-,28?/m0/s1. The highest BCUT2D eigenvalue weighted by Crippen LogP contribution is 2.63. The summed E-state index contributed by atoms with van der Waals surface area (Å²) in [7, 11) is 0. The molecule has 10 heteroatoms. The number of pyridine rings is 1. The maximum Gasteiger partial charge on any atom is 0.354 e. The lowest BCUT2D eigenvalue weighted by atomic mass is 9.99. The third-order valence-corrected chi connectivity index (χ3v) is 11.2. The first-order chi connectivity index (χ1) is 21.9. The van der Waals surface area contributed by atoms with Crippen molar-refractivity contribution >= 4 is 33.4 Å². The van der Waals surface area contributed by atoms with E-state index in [-0.39, 0.29) is 29.2 Å². The fourth-order valence-electron chi connectivity index (χ4n) is 8.59. The summed E-state index contributed by atoms with van der Waals surface area (Å²) >= 11 is 6.67. The fourth-order valence-corrected chi connectivity index (χ4v) is 8.88. The smallest absolute Gasteiger partial charge is 0.354 e. The Kier molecular flexibility index (Phi) is 5.43. The van der Waals surface area contributed by atoms with Crippen LogP contribution in [0.1, 0.15) is 79.8 Å². The zero-order valence-corrected chi connectivity index (χ0v) is 25.1. The summed E-state index contributed by atoms with van der Waals surface area (Å²) in [6.45, 7) is 0. The predicted octanol–water partition coefficient (Wildman–Crippen LogP) is 6.50. The number of benzene rings is 2. The molecule has 45 heavy (non-hydrogen) atoms. The van der Waals surface area contributed by atoms with Crippen molar-refractivity contribution in [3.05, 3.63) is 81.1 Å². The van der Waals surface area contributed by atoms with Gasteiger partial charge in [-0.25, -0.2) is 28.7 Å². The van der Waals surface area contributed by atoms with Gasteiger partial charge in [0, 0.05) is 51.2 Å². The van der Waals surface area contributed by atoms with Gasteiger partial charge in [-0.3, -0.25) is 0 Å². The van der Waals surface area contributed by atoms with E-state index in [4.69, 9.17) is 31.5 Å². The SMILES string of the molecule is O=c1nc(C2C3CC4CCC(N4)[C@H]32)c2cc(F)c(-c3cc(O)cc4cccc(Cl)c34)nc2n1-c1c(C2CC2)ncnc1C1CC1. The number of rotatable bonds is 5. The van der Waals surface area contributed by atoms with Crippen molar-refractivity contribution in [1.82, 2.24) is 29.8 Å². The first kappa shape index (κ1) is 26.3. The highest BCUT2D eigenvalue weighted by molar-refractivity contribution is 6.36. The van der Waals surface area contributed by atoms with E-state index in [1.807, 2.05) is 6.07 Å². The van der Waals surface area contributed by atoms with E-state index in [1.165, 1.54) is 18.6 Å².